The predicted octanol–water partition coefficient (Wildman–Crippen LogP) is 3.02. The monoisotopic (exact) mass is 538 g/mol. The number of nitrogens with zero attached hydrogens (tertiary/aromatic N) is 3. The number of nitrogens with one attached hydrogen (secondary N) is 1. The maximum absolute atomic E-state index is 13.3. The Morgan fingerprint density at radius 2 is 1.66 bits per heavy atom. The lowest BCUT2D eigenvalue weighted by molar-refractivity contribution is -0.143. The Hall–Kier alpha value is -2.75. The first-order chi connectivity index (χ1) is 18.3. The van der Waals surface area contributed by atoms with Crippen LogP contribution in [0.2, 0.25) is 0 Å². The van der Waals surface area contributed by atoms with Crippen LogP contribution in [0, 0.1) is 6.92 Å². The molecule has 2 atom stereocenters. The smallest absolute Gasteiger partial charge is 0.242 e. The summed E-state index contributed by atoms with van der Waals surface area (Å²) in [7, 11) is -3.92. The van der Waals surface area contributed by atoms with Gasteiger partial charge in [-0.1, -0.05) is 42.0 Å². The molecule has 8 nitrogen and oxygen atoms in total. The van der Waals surface area contributed by atoms with E-state index in [4.69, 9.17) is 0 Å². The second-order valence-corrected chi connectivity index (χ2v) is 12.6. The van der Waals surface area contributed by atoms with Gasteiger partial charge in [0.15, 0.2) is 0 Å². The second kappa shape index (κ2) is 11.6. The van der Waals surface area contributed by atoms with Gasteiger partial charge in [0.05, 0.1) is 11.4 Å². The minimum atomic E-state index is -3.92. The fourth-order valence-electron chi connectivity index (χ4n) is 5.92. The van der Waals surface area contributed by atoms with Crippen LogP contribution in [0.4, 0.5) is 0 Å². The number of carbonyl (C=O) groups is 2. The van der Waals surface area contributed by atoms with Crippen molar-refractivity contribution in [3.8, 4) is 11.1 Å². The average molecular weight is 539 g/mol. The van der Waals surface area contributed by atoms with E-state index in [9.17, 15) is 18.0 Å². The summed E-state index contributed by atoms with van der Waals surface area (Å²) >= 11 is 0. The Bertz CT molecular complexity index is 1260. The predicted molar refractivity (Wildman–Crippen MR) is 147 cm³/mol. The highest BCUT2D eigenvalue weighted by Crippen LogP contribution is 2.25. The van der Waals surface area contributed by atoms with Gasteiger partial charge in [-0.05, 0) is 81.8 Å². The highest BCUT2D eigenvalue weighted by Gasteiger charge is 2.36. The lowest BCUT2D eigenvalue weighted by Crippen LogP contribution is -2.55. The van der Waals surface area contributed by atoms with E-state index in [2.05, 4.69) is 9.62 Å². The molecule has 3 heterocycles. The number of aryl methyl sites for hydroxylation is 1. The molecule has 3 aliphatic rings. The van der Waals surface area contributed by atoms with Crippen LogP contribution in [-0.2, 0) is 19.6 Å². The normalized spacial score (nSPS) is 22.8. The molecule has 5 rings (SSSR count). The molecule has 0 unspecified atom stereocenters. The summed E-state index contributed by atoms with van der Waals surface area (Å²) in [5, 5.41) is 0. The van der Waals surface area contributed by atoms with Gasteiger partial charge in [-0.25, -0.2) is 8.42 Å². The number of piperidine rings is 1. The number of benzene rings is 2. The number of hydrogen-bond acceptors (Lipinski definition) is 5. The van der Waals surface area contributed by atoms with Crippen LogP contribution in [0.1, 0.15) is 44.1 Å². The van der Waals surface area contributed by atoms with Crippen LogP contribution in [0.15, 0.2) is 53.4 Å². The highest BCUT2D eigenvalue weighted by molar-refractivity contribution is 7.89. The third-order valence-corrected chi connectivity index (χ3v) is 9.52. The van der Waals surface area contributed by atoms with Crippen LogP contribution < -0.4 is 4.72 Å². The fraction of sp³-hybridized carbons (Fsp3) is 0.517. The van der Waals surface area contributed by atoms with Gasteiger partial charge in [-0.3, -0.25) is 9.59 Å². The molecule has 2 aromatic rings. The molecule has 204 valence electrons. The molecular formula is C29H38N4O4S. The summed E-state index contributed by atoms with van der Waals surface area (Å²) in [5.74, 6) is -0.354. The van der Waals surface area contributed by atoms with E-state index < -0.39 is 16.1 Å². The van der Waals surface area contributed by atoms with Crippen molar-refractivity contribution in [1.82, 2.24) is 19.4 Å². The van der Waals surface area contributed by atoms with Crippen molar-refractivity contribution in [2.45, 2.75) is 62.4 Å². The highest BCUT2D eigenvalue weighted by atomic mass is 32.2. The molecule has 0 radical (unpaired) electrons. The molecule has 9 heteroatoms. The van der Waals surface area contributed by atoms with Gasteiger partial charge in [0, 0.05) is 25.7 Å². The van der Waals surface area contributed by atoms with Crippen molar-refractivity contribution in [2.75, 3.05) is 39.3 Å². The van der Waals surface area contributed by atoms with Gasteiger partial charge in [0.25, 0.3) is 0 Å². The number of rotatable bonds is 8. The zero-order valence-corrected chi connectivity index (χ0v) is 23.0. The Morgan fingerprint density at radius 1 is 0.921 bits per heavy atom. The van der Waals surface area contributed by atoms with E-state index in [1.807, 2.05) is 42.2 Å². The zero-order chi connectivity index (χ0) is 26.7. The Balaban J connectivity index is 1.23. The third kappa shape index (κ3) is 6.11. The number of carbonyl (C=O) groups excluding carboxylic acids is 2. The Labute approximate surface area is 226 Å². The molecular weight excluding hydrogens is 500 g/mol. The first kappa shape index (κ1) is 26.8. The summed E-state index contributed by atoms with van der Waals surface area (Å²) in [5.41, 5.74) is 2.85. The fourth-order valence-corrected chi connectivity index (χ4v) is 7.19. The van der Waals surface area contributed by atoms with Crippen molar-refractivity contribution >= 4 is 21.8 Å². The SMILES string of the molecule is Cc1ccc(-c2cccc(S(=O)(=O)N[C@H]3CCCN(CC(=O)N4CCC[C@H]4CN4CCCC4)C3=O)c2)cc1. The molecule has 0 aliphatic carbocycles. The Kier molecular flexibility index (Phi) is 8.16. The topological polar surface area (TPSA) is 90.0 Å². The van der Waals surface area contributed by atoms with E-state index in [-0.39, 0.29) is 29.3 Å². The molecule has 0 bridgehead atoms. The lowest BCUT2D eigenvalue weighted by Gasteiger charge is -2.34. The van der Waals surface area contributed by atoms with E-state index in [0.29, 0.717) is 19.4 Å². The maximum Gasteiger partial charge on any atom is 0.242 e. The van der Waals surface area contributed by atoms with Crippen molar-refractivity contribution in [3.05, 3.63) is 54.1 Å². The largest absolute Gasteiger partial charge is 0.337 e. The van der Waals surface area contributed by atoms with Crippen molar-refractivity contribution in [3.63, 3.8) is 0 Å². The quantitative estimate of drug-likeness (QED) is 0.558. The average Bonchev–Trinajstić information content (AvgIpc) is 3.60. The molecule has 3 saturated heterocycles. The van der Waals surface area contributed by atoms with Gasteiger partial charge in [-0.2, -0.15) is 4.72 Å². The van der Waals surface area contributed by atoms with Gasteiger partial charge < -0.3 is 14.7 Å². The summed E-state index contributed by atoms with van der Waals surface area (Å²) < 4.78 is 29.2. The molecule has 0 aromatic heterocycles. The summed E-state index contributed by atoms with van der Waals surface area (Å²) in [6, 6.07) is 14.0. The molecule has 3 fully saturated rings. The summed E-state index contributed by atoms with van der Waals surface area (Å²) in [6.07, 6.45) is 5.49. The van der Waals surface area contributed by atoms with Crippen LogP contribution >= 0.6 is 0 Å². The molecule has 0 spiro atoms. The number of hydrogen-bond donors (Lipinski definition) is 1. The van der Waals surface area contributed by atoms with Crippen LogP contribution in [0.5, 0.6) is 0 Å². The van der Waals surface area contributed by atoms with Gasteiger partial charge in [-0.15, -0.1) is 0 Å². The third-order valence-electron chi connectivity index (χ3n) is 8.05. The van der Waals surface area contributed by atoms with E-state index in [0.717, 1.165) is 55.7 Å². The number of sulfonamides is 1. The second-order valence-electron chi connectivity index (χ2n) is 10.9. The minimum Gasteiger partial charge on any atom is -0.337 e. The van der Waals surface area contributed by atoms with E-state index in [1.54, 1.807) is 18.2 Å². The van der Waals surface area contributed by atoms with Crippen LogP contribution in [-0.4, -0.2) is 86.3 Å². The van der Waals surface area contributed by atoms with Gasteiger partial charge in [0.1, 0.15) is 6.04 Å². The van der Waals surface area contributed by atoms with Gasteiger partial charge in [0.2, 0.25) is 21.8 Å². The standard InChI is InChI=1S/C29H38N4O4S/c1-22-11-13-23(14-12-22)24-7-4-9-26(19-24)38(36,37)30-27-10-6-17-32(29(27)35)21-28(34)33-18-5-8-25(33)20-31-15-2-3-16-31/h4,7,9,11-14,19,25,27,30H,2-3,5-6,8,10,15-18,20-21H2,1H3/t25-,27-/m0/s1. The molecule has 2 aromatic carbocycles. The summed E-state index contributed by atoms with van der Waals surface area (Å²) in [6.45, 7) is 6.31. The maximum atomic E-state index is 13.3. The lowest BCUT2D eigenvalue weighted by atomic mass is 10.0. The van der Waals surface area contributed by atoms with Gasteiger partial charge >= 0.3 is 0 Å². The molecule has 1 N–H and O–H groups in total. The van der Waals surface area contributed by atoms with Crippen molar-refractivity contribution < 1.29 is 18.0 Å². The number of likely N-dealkylation sites (tertiary alicyclic amines) is 3. The zero-order valence-electron chi connectivity index (χ0n) is 22.1. The van der Waals surface area contributed by atoms with Crippen LogP contribution in [0.3, 0.4) is 0 Å². The molecule has 2 amide bonds. The van der Waals surface area contributed by atoms with Crippen molar-refractivity contribution in [2.24, 2.45) is 0 Å². The minimum absolute atomic E-state index is 0.0104. The first-order valence-corrected chi connectivity index (χ1v) is 15.3. The molecule has 0 saturated carbocycles. The van der Waals surface area contributed by atoms with Crippen LogP contribution in [0.25, 0.3) is 11.1 Å². The molecule has 38 heavy (non-hydrogen) atoms. The summed E-state index contributed by atoms with van der Waals surface area (Å²) in [4.78, 5) is 32.5. The van der Waals surface area contributed by atoms with E-state index >= 15 is 0 Å². The molecule has 3 aliphatic heterocycles. The first-order valence-electron chi connectivity index (χ1n) is 13.8. The van der Waals surface area contributed by atoms with E-state index in [1.165, 1.54) is 17.7 Å². The number of amides is 2. The van der Waals surface area contributed by atoms with Crippen molar-refractivity contribution in [1.29, 1.82) is 0 Å². The Morgan fingerprint density at radius 3 is 2.42 bits per heavy atom.